The molecule has 10 heteroatoms. The van der Waals surface area contributed by atoms with Gasteiger partial charge in [0.1, 0.15) is 6.10 Å². The number of unbranched alkanes of at least 4 members (excludes halogenated alkanes) is 1. The molecule has 1 fully saturated rings. The lowest BCUT2D eigenvalue weighted by Gasteiger charge is -2.32. The Kier molecular flexibility index (Phi) is 10.2. The maximum absolute atomic E-state index is 12.7. The molecule has 9 nitrogen and oxygen atoms in total. The van der Waals surface area contributed by atoms with E-state index < -0.39 is 45.7 Å². The zero-order chi connectivity index (χ0) is 23.7. The number of amides is 1. The molecule has 32 heavy (non-hydrogen) atoms. The van der Waals surface area contributed by atoms with Crippen LogP contribution >= 0.6 is 0 Å². The zero-order valence-corrected chi connectivity index (χ0v) is 19.4. The van der Waals surface area contributed by atoms with Crippen molar-refractivity contribution >= 4 is 15.9 Å². The lowest BCUT2D eigenvalue weighted by Crippen LogP contribution is -2.52. The van der Waals surface area contributed by atoms with Crippen molar-refractivity contribution in [1.29, 1.82) is 0 Å². The van der Waals surface area contributed by atoms with Crippen molar-refractivity contribution in [3.63, 3.8) is 0 Å². The van der Waals surface area contributed by atoms with Crippen molar-refractivity contribution in [2.75, 3.05) is 12.3 Å². The lowest BCUT2D eigenvalue weighted by molar-refractivity contribution is 0.00201. The fourth-order valence-electron chi connectivity index (χ4n) is 4.04. The summed E-state index contributed by atoms with van der Waals surface area (Å²) in [5.74, 6) is -1.85. The van der Waals surface area contributed by atoms with Crippen LogP contribution in [0.2, 0.25) is 0 Å². The number of aromatic hydroxyl groups is 2. The Morgan fingerprint density at radius 1 is 1.12 bits per heavy atom. The van der Waals surface area contributed by atoms with Crippen LogP contribution in [0.5, 0.6) is 11.5 Å². The van der Waals surface area contributed by atoms with Gasteiger partial charge in [0.2, 0.25) is 10.0 Å². The Morgan fingerprint density at radius 3 is 2.44 bits per heavy atom. The lowest BCUT2D eigenvalue weighted by atomic mass is 9.83. The molecule has 0 aliphatic heterocycles. The van der Waals surface area contributed by atoms with Gasteiger partial charge in [0.05, 0.1) is 17.9 Å². The van der Waals surface area contributed by atoms with Gasteiger partial charge in [0.25, 0.3) is 5.91 Å². The number of phenols is 2. The maximum Gasteiger partial charge on any atom is 0.251 e. The van der Waals surface area contributed by atoms with Crippen molar-refractivity contribution in [2.45, 2.75) is 76.5 Å². The SMILES string of the molecule is CCCCNS(=O)(=O)C[C@@H](O)[C@@H](O)[C@H](CC1CCCCC1)NC(=O)c1ccc(O)c(O)c1. The summed E-state index contributed by atoms with van der Waals surface area (Å²) < 4.78 is 26.9. The first-order valence-corrected chi connectivity index (χ1v) is 12.9. The summed E-state index contributed by atoms with van der Waals surface area (Å²) in [5.41, 5.74) is 0.0736. The fourth-order valence-corrected chi connectivity index (χ4v) is 5.26. The molecule has 0 unspecified atom stereocenters. The first-order valence-electron chi connectivity index (χ1n) is 11.3. The van der Waals surface area contributed by atoms with E-state index in [1.54, 1.807) is 0 Å². The fraction of sp³-hybridized carbons (Fsp3) is 0.682. The van der Waals surface area contributed by atoms with Gasteiger partial charge in [0.15, 0.2) is 11.5 Å². The van der Waals surface area contributed by atoms with E-state index in [2.05, 4.69) is 10.0 Å². The highest BCUT2D eigenvalue weighted by atomic mass is 32.2. The van der Waals surface area contributed by atoms with E-state index in [9.17, 15) is 33.6 Å². The highest BCUT2D eigenvalue weighted by molar-refractivity contribution is 7.89. The number of benzene rings is 1. The predicted molar refractivity (Wildman–Crippen MR) is 121 cm³/mol. The van der Waals surface area contributed by atoms with Crippen molar-refractivity contribution in [1.82, 2.24) is 10.0 Å². The second-order valence-corrected chi connectivity index (χ2v) is 10.5. The van der Waals surface area contributed by atoms with Crippen LogP contribution in [0.3, 0.4) is 0 Å². The molecule has 0 aromatic heterocycles. The Labute approximate surface area is 189 Å². The number of aliphatic hydroxyl groups is 2. The minimum absolute atomic E-state index is 0.0736. The van der Waals surface area contributed by atoms with Crippen LogP contribution in [0.4, 0.5) is 0 Å². The van der Waals surface area contributed by atoms with Gasteiger partial charge in [0, 0.05) is 12.1 Å². The topological polar surface area (TPSA) is 156 Å². The minimum Gasteiger partial charge on any atom is -0.504 e. The van der Waals surface area contributed by atoms with Gasteiger partial charge < -0.3 is 25.7 Å². The van der Waals surface area contributed by atoms with Crippen molar-refractivity contribution in [2.24, 2.45) is 5.92 Å². The first kappa shape index (κ1) is 26.4. The van der Waals surface area contributed by atoms with Gasteiger partial charge in [-0.1, -0.05) is 45.4 Å². The van der Waals surface area contributed by atoms with E-state index in [4.69, 9.17) is 0 Å². The molecule has 1 amide bonds. The quantitative estimate of drug-likeness (QED) is 0.199. The number of carbonyl (C=O) groups excluding carboxylic acids is 1. The molecule has 0 saturated heterocycles. The number of rotatable bonds is 12. The van der Waals surface area contributed by atoms with Gasteiger partial charge >= 0.3 is 0 Å². The third kappa shape index (κ3) is 8.23. The second kappa shape index (κ2) is 12.4. The van der Waals surface area contributed by atoms with Gasteiger partial charge in [-0.25, -0.2) is 13.1 Å². The van der Waals surface area contributed by atoms with Crippen LogP contribution in [-0.4, -0.2) is 65.3 Å². The average Bonchev–Trinajstić information content (AvgIpc) is 2.75. The molecule has 0 heterocycles. The summed E-state index contributed by atoms with van der Waals surface area (Å²) in [7, 11) is -3.79. The Morgan fingerprint density at radius 2 is 1.81 bits per heavy atom. The summed E-state index contributed by atoms with van der Waals surface area (Å²) in [6.45, 7) is 2.19. The van der Waals surface area contributed by atoms with E-state index in [1.807, 2.05) is 6.92 Å². The van der Waals surface area contributed by atoms with Gasteiger partial charge in [-0.3, -0.25) is 4.79 Å². The number of sulfonamides is 1. The van der Waals surface area contributed by atoms with Crippen LogP contribution in [0.1, 0.15) is 68.6 Å². The maximum atomic E-state index is 12.7. The Hall–Kier alpha value is -1.88. The standard InChI is InChI=1S/C22H36N2O7S/c1-2-3-11-23-32(30,31)14-20(27)21(28)17(12-15-7-5-4-6-8-15)24-22(29)16-9-10-18(25)19(26)13-16/h9-10,13,15,17,20-21,23,25-28H,2-8,11-12,14H2,1H3,(H,24,29)/t17-,20+,21-/m0/s1. The third-order valence-electron chi connectivity index (χ3n) is 5.92. The zero-order valence-electron chi connectivity index (χ0n) is 18.5. The predicted octanol–water partition coefficient (Wildman–Crippen LogP) is 1.61. The largest absolute Gasteiger partial charge is 0.504 e. The van der Waals surface area contributed by atoms with Crippen molar-refractivity contribution < 1.29 is 33.6 Å². The minimum atomic E-state index is -3.79. The summed E-state index contributed by atoms with van der Waals surface area (Å²) >= 11 is 0. The van der Waals surface area contributed by atoms with Gasteiger partial charge in [-0.2, -0.15) is 0 Å². The smallest absolute Gasteiger partial charge is 0.251 e. The van der Waals surface area contributed by atoms with Crippen LogP contribution < -0.4 is 10.0 Å². The molecule has 1 aliphatic carbocycles. The highest BCUT2D eigenvalue weighted by Crippen LogP contribution is 2.29. The number of hydrogen-bond acceptors (Lipinski definition) is 7. The van der Waals surface area contributed by atoms with E-state index >= 15 is 0 Å². The molecule has 1 aliphatic rings. The summed E-state index contributed by atoms with van der Waals surface area (Å²) in [4.78, 5) is 12.7. The van der Waals surface area contributed by atoms with Crippen LogP contribution in [0.15, 0.2) is 18.2 Å². The molecular weight excluding hydrogens is 436 g/mol. The summed E-state index contributed by atoms with van der Waals surface area (Å²) in [6.07, 6.45) is 3.90. The first-order chi connectivity index (χ1) is 15.1. The van der Waals surface area contributed by atoms with Crippen molar-refractivity contribution in [3.8, 4) is 11.5 Å². The van der Waals surface area contributed by atoms with Gasteiger partial charge in [-0.05, 0) is 37.0 Å². The van der Waals surface area contributed by atoms with Crippen LogP contribution in [0.25, 0.3) is 0 Å². The van der Waals surface area contributed by atoms with Crippen LogP contribution in [-0.2, 0) is 10.0 Å². The third-order valence-corrected chi connectivity index (χ3v) is 7.34. The molecule has 0 radical (unpaired) electrons. The highest BCUT2D eigenvalue weighted by Gasteiger charge is 2.33. The van der Waals surface area contributed by atoms with Crippen LogP contribution in [0, 0.1) is 5.92 Å². The molecule has 1 aromatic carbocycles. The Balaban J connectivity index is 2.11. The molecule has 3 atom stereocenters. The molecule has 1 saturated carbocycles. The number of nitrogens with one attached hydrogen (secondary N) is 2. The molecule has 182 valence electrons. The molecule has 1 aromatic rings. The van der Waals surface area contributed by atoms with E-state index in [0.29, 0.717) is 12.8 Å². The Bertz CT molecular complexity index is 841. The molecule has 0 bridgehead atoms. The van der Waals surface area contributed by atoms with E-state index in [0.717, 1.165) is 44.6 Å². The number of carbonyl (C=O) groups is 1. The molecule has 6 N–H and O–H groups in total. The normalized spacial score (nSPS) is 18.1. The second-order valence-electron chi connectivity index (χ2n) is 8.61. The van der Waals surface area contributed by atoms with Crippen molar-refractivity contribution in [3.05, 3.63) is 23.8 Å². The number of aliphatic hydroxyl groups excluding tert-OH is 2. The van der Waals surface area contributed by atoms with E-state index in [1.165, 1.54) is 12.1 Å². The summed E-state index contributed by atoms with van der Waals surface area (Å²) in [5, 5.41) is 43.1. The molecule has 2 rings (SSSR count). The van der Waals surface area contributed by atoms with E-state index in [-0.39, 0.29) is 23.8 Å². The average molecular weight is 473 g/mol. The number of hydrogen-bond donors (Lipinski definition) is 6. The summed E-state index contributed by atoms with van der Waals surface area (Å²) in [6, 6.07) is 2.74. The monoisotopic (exact) mass is 472 g/mol. The molecule has 0 spiro atoms. The number of phenolic OH excluding ortho intramolecular Hbond substituents is 2. The molecular formula is C22H36N2O7S. The van der Waals surface area contributed by atoms with Gasteiger partial charge in [-0.15, -0.1) is 0 Å².